The van der Waals surface area contributed by atoms with Crippen molar-refractivity contribution in [3.8, 4) is 16.9 Å². The van der Waals surface area contributed by atoms with E-state index in [2.05, 4.69) is 38.0 Å². The molecule has 2 aromatic heterocycles. The number of nitrogens with zero attached hydrogens (tertiary/aromatic N) is 4. The number of sulfonamides is 1. The van der Waals surface area contributed by atoms with Crippen LogP contribution in [0.5, 0.6) is 5.75 Å². The van der Waals surface area contributed by atoms with Crippen LogP contribution in [0.25, 0.3) is 22.2 Å². The van der Waals surface area contributed by atoms with Crippen LogP contribution in [0.4, 0.5) is 15.9 Å². The predicted molar refractivity (Wildman–Crippen MR) is 151 cm³/mol. The van der Waals surface area contributed by atoms with Gasteiger partial charge in [-0.25, -0.2) is 22.8 Å². The number of aromatic nitrogens is 3. The van der Waals surface area contributed by atoms with E-state index in [9.17, 15) is 8.42 Å². The van der Waals surface area contributed by atoms with Gasteiger partial charge in [0.2, 0.25) is 0 Å². The molecule has 4 aromatic rings. The van der Waals surface area contributed by atoms with Gasteiger partial charge < -0.3 is 19.9 Å². The molecule has 3 N–H and O–H groups in total. The number of nitrogens with two attached hydrogens (primary N) is 1. The average Bonchev–Trinajstić information content (AvgIpc) is 3.30. The normalized spacial score (nSPS) is 15.2. The highest BCUT2D eigenvalue weighted by atomic mass is 32.2. The molecule has 39 heavy (non-hydrogen) atoms. The SMILES string of the molecule is COc1ccc(S(=O)(=O)Nc2cccc(-c3cn(C4CCN(C(C)C)CC4)c4ncnc(N)c34)c2F)cc1C. The number of hydrogen-bond donors (Lipinski definition) is 2. The van der Waals surface area contributed by atoms with Gasteiger partial charge in [0.25, 0.3) is 10.0 Å². The lowest BCUT2D eigenvalue weighted by molar-refractivity contribution is 0.153. The second-order valence-corrected chi connectivity index (χ2v) is 11.9. The Bertz CT molecular complexity index is 1630. The molecular formula is C28H33FN6O3S. The van der Waals surface area contributed by atoms with Crippen molar-refractivity contribution >= 4 is 32.6 Å². The molecule has 0 unspecified atom stereocenters. The van der Waals surface area contributed by atoms with Crippen molar-refractivity contribution in [3.05, 3.63) is 60.3 Å². The number of rotatable bonds is 7. The molecule has 0 radical (unpaired) electrons. The van der Waals surface area contributed by atoms with Crippen molar-refractivity contribution in [2.24, 2.45) is 0 Å². The van der Waals surface area contributed by atoms with Crippen LogP contribution < -0.4 is 15.2 Å². The molecule has 5 rings (SSSR count). The van der Waals surface area contributed by atoms with Crippen molar-refractivity contribution in [3.63, 3.8) is 0 Å². The van der Waals surface area contributed by atoms with E-state index >= 15 is 4.39 Å². The number of anilines is 2. The van der Waals surface area contributed by atoms with Gasteiger partial charge in [0.1, 0.15) is 23.5 Å². The fraction of sp³-hybridized carbons (Fsp3) is 0.357. The Morgan fingerprint density at radius 1 is 1.13 bits per heavy atom. The molecule has 2 aromatic carbocycles. The second-order valence-electron chi connectivity index (χ2n) is 10.2. The number of benzene rings is 2. The van der Waals surface area contributed by atoms with Gasteiger partial charge in [0, 0.05) is 42.5 Å². The van der Waals surface area contributed by atoms with Gasteiger partial charge in [-0.05, 0) is 63.4 Å². The summed E-state index contributed by atoms with van der Waals surface area (Å²) in [5.74, 6) is 0.101. The lowest BCUT2D eigenvalue weighted by Crippen LogP contribution is -2.38. The van der Waals surface area contributed by atoms with E-state index in [1.54, 1.807) is 25.1 Å². The van der Waals surface area contributed by atoms with Gasteiger partial charge in [-0.15, -0.1) is 0 Å². The fourth-order valence-electron chi connectivity index (χ4n) is 5.31. The summed E-state index contributed by atoms with van der Waals surface area (Å²) >= 11 is 0. The molecule has 0 bridgehead atoms. The highest BCUT2D eigenvalue weighted by Gasteiger charge is 2.27. The van der Waals surface area contributed by atoms with Crippen LogP contribution in [-0.4, -0.2) is 54.1 Å². The molecule has 0 aliphatic carbocycles. The second kappa shape index (κ2) is 10.5. The maximum atomic E-state index is 16.0. The van der Waals surface area contributed by atoms with E-state index in [0.29, 0.717) is 34.0 Å². The Hall–Kier alpha value is -3.70. The third-order valence-corrected chi connectivity index (χ3v) is 8.83. The molecule has 0 atom stereocenters. The highest BCUT2D eigenvalue weighted by molar-refractivity contribution is 7.92. The third kappa shape index (κ3) is 5.04. The quantitative estimate of drug-likeness (QED) is 0.332. The average molecular weight is 553 g/mol. The number of nitrogens with one attached hydrogen (secondary N) is 1. The monoisotopic (exact) mass is 552 g/mol. The molecule has 0 saturated carbocycles. The maximum Gasteiger partial charge on any atom is 0.262 e. The fourth-order valence-corrected chi connectivity index (χ4v) is 6.46. The Kier molecular flexibility index (Phi) is 7.21. The minimum atomic E-state index is -4.06. The molecule has 1 aliphatic heterocycles. The maximum absolute atomic E-state index is 16.0. The first-order valence-electron chi connectivity index (χ1n) is 12.9. The summed E-state index contributed by atoms with van der Waals surface area (Å²) in [5.41, 5.74) is 8.15. The van der Waals surface area contributed by atoms with Gasteiger partial charge in [-0.2, -0.15) is 0 Å². The zero-order valence-corrected chi connectivity index (χ0v) is 23.3. The summed E-state index contributed by atoms with van der Waals surface area (Å²) in [5, 5.41) is 0.550. The van der Waals surface area contributed by atoms with Gasteiger partial charge in [-0.1, -0.05) is 12.1 Å². The zero-order valence-electron chi connectivity index (χ0n) is 22.5. The largest absolute Gasteiger partial charge is 0.496 e. The van der Waals surface area contributed by atoms with Crippen LogP contribution in [0.15, 0.2) is 53.8 Å². The number of halogens is 1. The van der Waals surface area contributed by atoms with Gasteiger partial charge in [0.05, 0.1) is 23.1 Å². The van der Waals surface area contributed by atoms with E-state index < -0.39 is 15.8 Å². The molecule has 0 amide bonds. The summed E-state index contributed by atoms with van der Waals surface area (Å²) in [6, 6.07) is 9.74. The van der Waals surface area contributed by atoms with Crippen molar-refractivity contribution in [2.75, 3.05) is 30.7 Å². The standard InChI is InChI=1S/C28H33FN6O3S/c1-17(2)34-12-10-19(11-13-34)35-15-22(25-27(30)31-16-32-28(25)35)21-6-5-7-23(26(21)29)33-39(36,37)20-8-9-24(38-4)18(3)14-20/h5-9,14-17,19,33H,10-13H2,1-4H3,(H2,30,31,32). The summed E-state index contributed by atoms with van der Waals surface area (Å²) < 4.78 is 52.0. The molecule has 9 nitrogen and oxygen atoms in total. The number of aryl methyl sites for hydroxylation is 1. The number of methoxy groups -OCH3 is 1. The number of hydrogen-bond acceptors (Lipinski definition) is 7. The summed E-state index contributed by atoms with van der Waals surface area (Å²) in [6.07, 6.45) is 5.14. The van der Waals surface area contributed by atoms with E-state index in [1.165, 1.54) is 31.6 Å². The van der Waals surface area contributed by atoms with Gasteiger partial charge in [-0.3, -0.25) is 4.72 Å². The minimum Gasteiger partial charge on any atom is -0.496 e. The highest BCUT2D eigenvalue weighted by Crippen LogP contribution is 2.39. The number of ether oxygens (including phenoxy) is 1. The molecule has 1 fully saturated rings. The van der Waals surface area contributed by atoms with E-state index in [0.717, 1.165) is 25.9 Å². The van der Waals surface area contributed by atoms with Crippen molar-refractivity contribution in [2.45, 2.75) is 50.6 Å². The van der Waals surface area contributed by atoms with Crippen LogP contribution in [-0.2, 0) is 10.0 Å². The lowest BCUT2D eigenvalue weighted by atomic mass is 10.0. The van der Waals surface area contributed by atoms with Crippen LogP contribution >= 0.6 is 0 Å². The number of fused-ring (bicyclic) bond motifs is 1. The van der Waals surface area contributed by atoms with Crippen molar-refractivity contribution in [1.29, 1.82) is 0 Å². The first-order valence-corrected chi connectivity index (χ1v) is 14.4. The number of likely N-dealkylation sites (tertiary alicyclic amines) is 1. The Balaban J connectivity index is 1.53. The summed E-state index contributed by atoms with van der Waals surface area (Å²) in [6.45, 7) is 8.03. The van der Waals surface area contributed by atoms with Crippen molar-refractivity contribution < 1.29 is 17.5 Å². The first kappa shape index (κ1) is 26.9. The molecule has 0 spiro atoms. The smallest absolute Gasteiger partial charge is 0.262 e. The molecular weight excluding hydrogens is 519 g/mol. The zero-order chi connectivity index (χ0) is 27.9. The summed E-state index contributed by atoms with van der Waals surface area (Å²) in [7, 11) is -2.55. The molecule has 206 valence electrons. The van der Waals surface area contributed by atoms with E-state index in [-0.39, 0.29) is 28.0 Å². The topological polar surface area (TPSA) is 115 Å². The molecule has 11 heteroatoms. The first-order chi connectivity index (χ1) is 18.6. The van der Waals surface area contributed by atoms with Crippen LogP contribution in [0.1, 0.15) is 38.3 Å². The van der Waals surface area contributed by atoms with E-state index in [1.807, 2.05) is 6.20 Å². The van der Waals surface area contributed by atoms with Crippen molar-refractivity contribution in [1.82, 2.24) is 19.4 Å². The molecule has 1 aliphatic rings. The van der Waals surface area contributed by atoms with Gasteiger partial charge >= 0.3 is 0 Å². The Morgan fingerprint density at radius 2 is 1.87 bits per heavy atom. The lowest BCUT2D eigenvalue weighted by Gasteiger charge is -2.35. The number of piperidine rings is 1. The Labute approximate surface area is 227 Å². The number of nitrogen functional groups attached to an aromatic ring is 1. The Morgan fingerprint density at radius 3 is 2.54 bits per heavy atom. The minimum absolute atomic E-state index is 0.00703. The van der Waals surface area contributed by atoms with Crippen LogP contribution in [0, 0.1) is 12.7 Å². The van der Waals surface area contributed by atoms with E-state index in [4.69, 9.17) is 10.5 Å². The predicted octanol–water partition coefficient (Wildman–Crippen LogP) is 4.98. The van der Waals surface area contributed by atoms with Crippen LogP contribution in [0.3, 0.4) is 0 Å². The third-order valence-electron chi connectivity index (χ3n) is 7.47. The molecule has 1 saturated heterocycles. The van der Waals surface area contributed by atoms with Gasteiger partial charge in [0.15, 0.2) is 5.82 Å². The molecule has 3 heterocycles. The van der Waals surface area contributed by atoms with Crippen LogP contribution in [0.2, 0.25) is 0 Å². The summed E-state index contributed by atoms with van der Waals surface area (Å²) in [4.78, 5) is 11.1.